The molecule has 6 aromatic carbocycles. The molecule has 0 aliphatic heterocycles. The molecule has 0 aromatic heterocycles. The van der Waals surface area contributed by atoms with E-state index in [1.54, 1.807) is 0 Å². The average Bonchev–Trinajstić information content (AvgIpc) is 3.09. The summed E-state index contributed by atoms with van der Waals surface area (Å²) in [7, 11) is -0.0293. The highest BCUT2D eigenvalue weighted by atomic mass is 32.2. The minimum atomic E-state index is -2.07. The molecule has 226 valence electrons. The Morgan fingerprint density at radius 2 is 0.511 bits per heavy atom. The van der Waals surface area contributed by atoms with Crippen molar-refractivity contribution in [2.45, 2.75) is 29.4 Å². The fourth-order valence-electron chi connectivity index (χ4n) is 4.16. The lowest BCUT2D eigenvalue weighted by atomic mass is 10.4. The van der Waals surface area contributed by atoms with Crippen molar-refractivity contribution in [3.8, 4) is 0 Å². The van der Waals surface area contributed by atoms with Crippen molar-refractivity contribution < 1.29 is 25.3 Å². The Balaban J connectivity index is 0.000000205. The van der Waals surface area contributed by atoms with Crippen molar-refractivity contribution >= 4 is 33.7 Å². The van der Waals surface area contributed by atoms with E-state index in [1.807, 2.05) is 0 Å². The molecule has 0 heterocycles. The predicted octanol–water partition coefficient (Wildman–Crippen LogP) is 7.21. The normalized spacial score (nSPS) is 9.91. The molecule has 0 radical (unpaired) electrons. The number of hydrogen-bond donors (Lipinski definition) is 1. The van der Waals surface area contributed by atoms with Crippen LogP contribution >= 0.6 is 0 Å². The summed E-state index contributed by atoms with van der Waals surface area (Å²) in [6.45, 7) is 0. The van der Waals surface area contributed by atoms with Crippen LogP contribution in [0.3, 0.4) is 0 Å². The summed E-state index contributed by atoms with van der Waals surface area (Å²) in [4.78, 5) is 26.2. The molecule has 0 amide bonds. The number of carbonyl (C=O) groups is 2. The Morgan fingerprint density at radius 3 is 0.622 bits per heavy atom. The lowest BCUT2D eigenvalue weighted by Crippen LogP contribution is -2.30. The van der Waals surface area contributed by atoms with Gasteiger partial charge in [-0.2, -0.15) is 0 Å². The second-order valence-electron chi connectivity index (χ2n) is 9.08. The topological polar surface area (TPSA) is 107 Å². The molecule has 0 aliphatic rings. The van der Waals surface area contributed by atoms with E-state index in [9.17, 15) is 0 Å². The van der Waals surface area contributed by atoms with E-state index in [4.69, 9.17) is 19.8 Å². The molecule has 0 aliphatic carbocycles. The third-order valence-electron chi connectivity index (χ3n) is 6.05. The first kappa shape index (κ1) is 34.4. The van der Waals surface area contributed by atoms with Crippen LogP contribution in [0.2, 0.25) is 0 Å². The molecule has 6 rings (SSSR count). The fraction of sp³-hybridized carbons (Fsp3) is 0. The van der Waals surface area contributed by atoms with E-state index in [-0.39, 0.29) is 27.3 Å². The average molecular weight is 633 g/mol. The Morgan fingerprint density at radius 1 is 0.378 bits per heavy atom. The number of aliphatic carboxylic acids is 2. The summed E-state index contributed by atoms with van der Waals surface area (Å²) in [6.07, 6.45) is 0. The van der Waals surface area contributed by atoms with Crippen molar-refractivity contribution in [3.63, 3.8) is 0 Å². The maximum Gasteiger partial charge on any atom is 0.351 e. The third-order valence-corrected chi connectivity index (χ3v) is 10.5. The van der Waals surface area contributed by atoms with Crippen LogP contribution in [0.4, 0.5) is 0 Å². The first-order valence-corrected chi connectivity index (χ1v) is 16.2. The second-order valence-corrected chi connectivity index (χ2v) is 13.1. The number of carboxylic acids is 2. The van der Waals surface area contributed by atoms with Gasteiger partial charge in [-0.05, 0) is 72.8 Å². The first-order valence-electron chi connectivity index (χ1n) is 13.8. The zero-order valence-electron chi connectivity index (χ0n) is 24.3. The van der Waals surface area contributed by atoms with Crippen LogP contribution in [0.25, 0.3) is 0 Å². The lowest BCUT2D eigenvalue weighted by molar-refractivity contribution is -0.303. The molecule has 0 bridgehead atoms. The zero-order valence-corrected chi connectivity index (χ0v) is 25.9. The van der Waals surface area contributed by atoms with Gasteiger partial charge < -0.3 is 20.5 Å². The molecule has 0 unspecified atom stereocenters. The Kier molecular flexibility index (Phi) is 14.2. The van der Waals surface area contributed by atoms with Gasteiger partial charge >= 0.3 is 5.97 Å². The largest absolute Gasteiger partial charge is 0.870 e. The van der Waals surface area contributed by atoms with Crippen LogP contribution in [0.5, 0.6) is 0 Å². The molecule has 6 aromatic rings. The highest BCUT2D eigenvalue weighted by molar-refractivity contribution is 7.97. The van der Waals surface area contributed by atoms with Crippen LogP contribution in [-0.4, -0.2) is 22.5 Å². The van der Waals surface area contributed by atoms with Gasteiger partial charge in [0.05, 0.1) is 21.8 Å². The van der Waals surface area contributed by atoms with Crippen molar-refractivity contribution in [2.75, 3.05) is 0 Å². The van der Waals surface area contributed by atoms with Gasteiger partial charge in [-0.25, -0.2) is 4.79 Å². The number of hydrogen-bond acceptors (Lipinski definition) is 4. The van der Waals surface area contributed by atoms with E-state index >= 15 is 0 Å². The van der Waals surface area contributed by atoms with Gasteiger partial charge in [0.2, 0.25) is 0 Å². The molecular weight excluding hydrogens is 601 g/mol. The molecule has 0 saturated heterocycles. The molecular formula is C38H32O5S2. The Bertz CT molecular complexity index is 1370. The van der Waals surface area contributed by atoms with E-state index < -0.39 is 11.9 Å². The highest BCUT2D eigenvalue weighted by Crippen LogP contribution is 2.31. The number of rotatable bonds is 6. The summed E-state index contributed by atoms with van der Waals surface area (Å²) < 4.78 is 0. The summed E-state index contributed by atoms with van der Waals surface area (Å²) in [5.74, 6) is -4.01. The van der Waals surface area contributed by atoms with Gasteiger partial charge in [0, 0.05) is 0 Å². The van der Waals surface area contributed by atoms with Crippen molar-refractivity contribution in [3.05, 3.63) is 182 Å². The van der Waals surface area contributed by atoms with E-state index in [0.717, 1.165) is 0 Å². The maximum absolute atomic E-state index is 9.04. The maximum atomic E-state index is 9.04. The van der Waals surface area contributed by atoms with Crippen LogP contribution < -0.4 is 5.11 Å². The summed E-state index contributed by atoms with van der Waals surface area (Å²) in [6, 6.07) is 64.3. The lowest BCUT2D eigenvalue weighted by Gasteiger charge is -2.07. The van der Waals surface area contributed by atoms with Crippen LogP contribution in [-0.2, 0) is 31.4 Å². The minimum Gasteiger partial charge on any atom is -0.870 e. The van der Waals surface area contributed by atoms with E-state index in [2.05, 4.69) is 182 Å². The number of benzene rings is 6. The van der Waals surface area contributed by atoms with Crippen LogP contribution in [0, 0.1) is 0 Å². The third kappa shape index (κ3) is 10.5. The standard InChI is InChI=1S/2C18H15S.C2H2O4.H2O/c2*1-4-10-16(11-5-1)19(17-12-6-2-7-13-17)18-14-8-3-9-15-18;3-1(4)2(5)6;/h2*1-15H;(H,3,4)(H,5,6);1H2/q2*+1;;/p-2. The Labute approximate surface area is 269 Å². The molecule has 0 spiro atoms. The summed E-state index contributed by atoms with van der Waals surface area (Å²) in [5, 5.41) is 16.3. The minimum absolute atomic E-state index is 0. The van der Waals surface area contributed by atoms with Gasteiger partial charge in [0.1, 0.15) is 0 Å². The van der Waals surface area contributed by atoms with E-state index in [1.165, 1.54) is 29.4 Å². The molecule has 2 N–H and O–H groups in total. The molecule has 45 heavy (non-hydrogen) atoms. The monoisotopic (exact) mass is 632 g/mol. The van der Waals surface area contributed by atoms with Gasteiger partial charge in [-0.3, -0.25) is 0 Å². The van der Waals surface area contributed by atoms with Gasteiger partial charge in [0.15, 0.2) is 35.3 Å². The molecule has 0 saturated carbocycles. The molecule has 0 atom stereocenters. The molecule has 7 heteroatoms. The van der Waals surface area contributed by atoms with Gasteiger partial charge in [-0.15, -0.1) is 0 Å². The summed E-state index contributed by atoms with van der Waals surface area (Å²) >= 11 is 0. The first-order chi connectivity index (χ1) is 21.5. The highest BCUT2D eigenvalue weighted by Gasteiger charge is 2.28. The fourth-order valence-corrected chi connectivity index (χ4v) is 8.36. The number of carboxylic acid groups (broad SMARTS) is 2. The number of carbonyl (C=O) groups excluding carboxylic acids is 1. The van der Waals surface area contributed by atoms with Crippen molar-refractivity contribution in [2.24, 2.45) is 0 Å². The SMILES string of the molecule is O=C([O-])C(=O)O.[OH-].c1ccc([S+](c2ccccc2)c2ccccc2)cc1.c1ccc([S+](c2ccccc2)c2ccccc2)cc1. The smallest absolute Gasteiger partial charge is 0.351 e. The molecule has 0 fully saturated rings. The van der Waals surface area contributed by atoms with Crippen molar-refractivity contribution in [1.29, 1.82) is 0 Å². The van der Waals surface area contributed by atoms with Gasteiger partial charge in [-0.1, -0.05) is 109 Å². The van der Waals surface area contributed by atoms with Crippen molar-refractivity contribution in [1.82, 2.24) is 0 Å². The van der Waals surface area contributed by atoms with Crippen LogP contribution in [0.15, 0.2) is 211 Å². The Hall–Kier alpha value is -5.08. The quantitative estimate of drug-likeness (QED) is 0.154. The zero-order chi connectivity index (χ0) is 31.0. The second kappa shape index (κ2) is 18.6. The van der Waals surface area contributed by atoms with Crippen LogP contribution in [0.1, 0.15) is 0 Å². The van der Waals surface area contributed by atoms with E-state index in [0.29, 0.717) is 0 Å². The predicted molar refractivity (Wildman–Crippen MR) is 178 cm³/mol. The van der Waals surface area contributed by atoms with Gasteiger partial charge in [0.25, 0.3) is 0 Å². The molecule has 5 nitrogen and oxygen atoms in total. The summed E-state index contributed by atoms with van der Waals surface area (Å²) in [5.41, 5.74) is 0.